The van der Waals surface area contributed by atoms with Gasteiger partial charge in [0.05, 0.1) is 0 Å². The van der Waals surface area contributed by atoms with Crippen molar-refractivity contribution in [2.45, 2.75) is 43.9 Å². The van der Waals surface area contributed by atoms with Gasteiger partial charge in [-0.2, -0.15) is 0 Å². The van der Waals surface area contributed by atoms with Gasteiger partial charge in [0, 0.05) is 33.4 Å². The molecule has 0 saturated heterocycles. The number of benzene rings is 6. The molecule has 4 saturated carbocycles. The van der Waals surface area contributed by atoms with Crippen LogP contribution in [-0.2, 0) is 5.41 Å². The molecule has 0 amide bonds. The molecule has 0 radical (unpaired) electrons. The molecular formula is C52H42N6. The molecule has 4 fully saturated rings. The maximum atomic E-state index is 5.16. The monoisotopic (exact) mass is 750 g/mol. The Hall–Kier alpha value is -6.66. The molecule has 2 aromatic heterocycles. The van der Waals surface area contributed by atoms with Crippen LogP contribution in [0, 0.1) is 17.8 Å². The number of nitrogens with zero attached hydrogens (tertiary/aromatic N) is 6. The summed E-state index contributed by atoms with van der Waals surface area (Å²) in [4.78, 5) is 30.6. The van der Waals surface area contributed by atoms with Crippen LogP contribution in [-0.4, -0.2) is 29.9 Å². The maximum absolute atomic E-state index is 5.16. The fraction of sp³-hybridized carbons (Fsp3) is 0.192. The lowest BCUT2D eigenvalue weighted by Gasteiger charge is -2.57. The third kappa shape index (κ3) is 6.48. The molecule has 0 atom stereocenters. The predicted octanol–water partition coefficient (Wildman–Crippen LogP) is 12.2. The minimum Gasteiger partial charge on any atom is -0.208 e. The van der Waals surface area contributed by atoms with E-state index in [1.807, 2.05) is 72.8 Å². The van der Waals surface area contributed by atoms with E-state index in [0.717, 1.165) is 62.3 Å². The molecule has 4 aliphatic carbocycles. The van der Waals surface area contributed by atoms with Crippen LogP contribution in [0.2, 0.25) is 0 Å². The van der Waals surface area contributed by atoms with Crippen LogP contribution in [0.4, 0.5) is 0 Å². The highest BCUT2D eigenvalue weighted by Crippen LogP contribution is 2.60. The smallest absolute Gasteiger partial charge is 0.164 e. The average Bonchev–Trinajstić information content (AvgIpc) is 3.29. The predicted molar refractivity (Wildman–Crippen MR) is 231 cm³/mol. The van der Waals surface area contributed by atoms with Gasteiger partial charge in [-0.25, -0.2) is 29.9 Å². The zero-order valence-electron chi connectivity index (χ0n) is 32.2. The lowest BCUT2D eigenvalue weighted by atomic mass is 9.48. The van der Waals surface area contributed by atoms with Crippen molar-refractivity contribution >= 4 is 0 Å². The van der Waals surface area contributed by atoms with Crippen LogP contribution in [0.15, 0.2) is 164 Å². The molecule has 6 heteroatoms. The normalized spacial score (nSPS) is 20.6. The van der Waals surface area contributed by atoms with Crippen molar-refractivity contribution in [2.24, 2.45) is 17.8 Å². The third-order valence-corrected chi connectivity index (χ3v) is 12.8. The first-order valence-corrected chi connectivity index (χ1v) is 20.6. The summed E-state index contributed by atoms with van der Waals surface area (Å²) in [5.74, 6) is 6.41. The molecule has 280 valence electrons. The number of aromatic nitrogens is 6. The summed E-state index contributed by atoms with van der Waals surface area (Å²) in [6, 6.07) is 56.4. The lowest BCUT2D eigenvalue weighted by molar-refractivity contribution is -0.00518. The van der Waals surface area contributed by atoms with E-state index in [1.165, 1.54) is 44.1 Å². The first kappa shape index (κ1) is 34.6. The summed E-state index contributed by atoms with van der Waals surface area (Å²) in [6.45, 7) is 0. The highest BCUT2D eigenvalue weighted by atomic mass is 15.0. The Balaban J connectivity index is 1.00. The van der Waals surface area contributed by atoms with Crippen LogP contribution in [0.3, 0.4) is 0 Å². The average molecular weight is 751 g/mol. The van der Waals surface area contributed by atoms with Crippen molar-refractivity contribution in [3.05, 3.63) is 169 Å². The first-order valence-electron chi connectivity index (χ1n) is 20.6. The van der Waals surface area contributed by atoms with E-state index in [1.54, 1.807) is 0 Å². The van der Waals surface area contributed by atoms with Crippen molar-refractivity contribution in [2.75, 3.05) is 0 Å². The molecule has 58 heavy (non-hydrogen) atoms. The summed E-state index contributed by atoms with van der Waals surface area (Å²) in [5, 5.41) is 0. The molecular weight excluding hydrogens is 709 g/mol. The molecule has 8 aromatic rings. The Labute approximate surface area is 339 Å². The first-order chi connectivity index (χ1) is 28.6. The largest absolute Gasteiger partial charge is 0.208 e. The van der Waals surface area contributed by atoms with Gasteiger partial charge in [0.2, 0.25) is 0 Å². The topological polar surface area (TPSA) is 77.3 Å². The van der Waals surface area contributed by atoms with Gasteiger partial charge in [0.25, 0.3) is 0 Å². The van der Waals surface area contributed by atoms with Crippen LogP contribution in [0.25, 0.3) is 79.5 Å². The molecule has 0 aliphatic heterocycles. The molecule has 6 nitrogen and oxygen atoms in total. The van der Waals surface area contributed by atoms with E-state index in [-0.39, 0.29) is 0 Å². The Morgan fingerprint density at radius 1 is 0.310 bits per heavy atom. The third-order valence-electron chi connectivity index (χ3n) is 12.8. The summed E-state index contributed by atoms with van der Waals surface area (Å²) in [7, 11) is 0. The van der Waals surface area contributed by atoms with Gasteiger partial charge in [0.15, 0.2) is 34.9 Å². The van der Waals surface area contributed by atoms with E-state index >= 15 is 0 Å². The van der Waals surface area contributed by atoms with Crippen molar-refractivity contribution in [3.63, 3.8) is 0 Å². The second-order valence-electron chi connectivity index (χ2n) is 16.6. The molecule has 0 spiro atoms. The van der Waals surface area contributed by atoms with E-state index < -0.39 is 0 Å². The van der Waals surface area contributed by atoms with Crippen molar-refractivity contribution in [3.8, 4) is 79.5 Å². The minimum atomic E-state index is 0.339. The zero-order chi connectivity index (χ0) is 38.5. The van der Waals surface area contributed by atoms with Crippen LogP contribution >= 0.6 is 0 Å². The summed E-state index contributed by atoms with van der Waals surface area (Å²) in [5.41, 5.74) is 9.51. The molecule has 12 rings (SSSR count). The highest BCUT2D eigenvalue weighted by Gasteiger charge is 2.51. The van der Waals surface area contributed by atoms with Gasteiger partial charge in [-0.15, -0.1) is 0 Å². The van der Waals surface area contributed by atoms with Crippen molar-refractivity contribution in [1.82, 2.24) is 29.9 Å². The van der Waals surface area contributed by atoms with Gasteiger partial charge in [0.1, 0.15) is 0 Å². The van der Waals surface area contributed by atoms with Gasteiger partial charge in [-0.3, -0.25) is 0 Å². The van der Waals surface area contributed by atoms with E-state index in [4.69, 9.17) is 29.9 Å². The molecule has 0 N–H and O–H groups in total. The Bertz CT molecular complexity index is 2710. The number of rotatable bonds is 8. The Morgan fingerprint density at radius 2 is 0.672 bits per heavy atom. The van der Waals surface area contributed by atoms with Gasteiger partial charge in [-0.05, 0) is 84.5 Å². The fourth-order valence-electron chi connectivity index (χ4n) is 10.5. The maximum Gasteiger partial charge on any atom is 0.164 e. The standard InChI is InChI=1S/C52H42N6/c1-4-13-37(14-5-1)44-21-10-11-22-45(44)51-57-47(39-17-8-3-9-18-39)55-50(58-51)42-20-12-19-41(30-42)49-54-46(38-15-6-2-7-16-38)53-48(56-49)40-23-25-43(26-24-40)52-31-34-27-35(32-52)29-36(28-34)33-52/h1-26,30,34-36H,27-29,31-33H2. The number of hydrogen-bond donors (Lipinski definition) is 0. The van der Waals surface area contributed by atoms with E-state index in [2.05, 4.69) is 91.0 Å². The Kier molecular flexibility index (Phi) is 8.57. The van der Waals surface area contributed by atoms with Crippen LogP contribution in [0.1, 0.15) is 44.1 Å². The lowest BCUT2D eigenvalue weighted by Crippen LogP contribution is -2.48. The second kappa shape index (κ2) is 14.4. The van der Waals surface area contributed by atoms with Gasteiger partial charge < -0.3 is 0 Å². The molecule has 6 aromatic carbocycles. The summed E-state index contributed by atoms with van der Waals surface area (Å²) in [6.07, 6.45) is 8.37. The van der Waals surface area contributed by atoms with Gasteiger partial charge >= 0.3 is 0 Å². The molecule has 0 unspecified atom stereocenters. The number of hydrogen-bond acceptors (Lipinski definition) is 6. The van der Waals surface area contributed by atoms with Crippen LogP contribution < -0.4 is 0 Å². The Morgan fingerprint density at radius 3 is 1.16 bits per heavy atom. The van der Waals surface area contributed by atoms with E-state index in [0.29, 0.717) is 40.4 Å². The molecule has 4 bridgehead atoms. The van der Waals surface area contributed by atoms with Gasteiger partial charge in [-0.1, -0.05) is 158 Å². The molecule has 4 aliphatic rings. The summed E-state index contributed by atoms with van der Waals surface area (Å²) < 4.78 is 0. The fourth-order valence-corrected chi connectivity index (χ4v) is 10.5. The SMILES string of the molecule is c1ccc(-c2nc(-c3ccc(C45CC6CC(CC(C6)C4)C5)cc3)nc(-c3cccc(-c4nc(-c5ccccc5)nc(-c5ccccc5-c5ccccc5)n4)c3)n2)cc1. The van der Waals surface area contributed by atoms with Crippen molar-refractivity contribution in [1.29, 1.82) is 0 Å². The molecule has 2 heterocycles. The van der Waals surface area contributed by atoms with Crippen molar-refractivity contribution < 1.29 is 0 Å². The summed E-state index contributed by atoms with van der Waals surface area (Å²) >= 11 is 0. The van der Waals surface area contributed by atoms with Crippen LogP contribution in [0.5, 0.6) is 0 Å². The highest BCUT2D eigenvalue weighted by molar-refractivity contribution is 5.82. The zero-order valence-corrected chi connectivity index (χ0v) is 32.2. The second-order valence-corrected chi connectivity index (χ2v) is 16.6. The minimum absolute atomic E-state index is 0.339. The van der Waals surface area contributed by atoms with E-state index in [9.17, 15) is 0 Å². The quantitative estimate of drug-likeness (QED) is 0.154.